The van der Waals surface area contributed by atoms with Gasteiger partial charge in [0.2, 0.25) is 0 Å². The summed E-state index contributed by atoms with van der Waals surface area (Å²) in [6.07, 6.45) is 5.16. The number of amides is 2. The summed E-state index contributed by atoms with van der Waals surface area (Å²) in [6, 6.07) is 7.58. The highest BCUT2D eigenvalue weighted by atomic mass is 32.2. The fourth-order valence-corrected chi connectivity index (χ4v) is 5.44. The highest BCUT2D eigenvalue weighted by molar-refractivity contribution is 7.99. The maximum atomic E-state index is 12.7. The standard InChI is InChI=1S/C20H24N2O2S2/c1-12(2)25-14-8-6-7-13(11-14)19(24)22-20-17(18(21)23)15-9-4-3-5-10-16(15)26-20/h6-8,11-12H,3-5,9-10H2,1-2H3,(H2,21,23)(H,22,24). The summed E-state index contributed by atoms with van der Waals surface area (Å²) in [5.41, 5.74) is 7.78. The third-order valence-electron chi connectivity index (χ3n) is 4.36. The van der Waals surface area contributed by atoms with Crippen molar-refractivity contribution in [2.24, 2.45) is 5.73 Å². The second-order valence-electron chi connectivity index (χ2n) is 6.78. The molecule has 1 aliphatic rings. The molecule has 0 bridgehead atoms. The molecule has 138 valence electrons. The van der Waals surface area contributed by atoms with Gasteiger partial charge in [-0.2, -0.15) is 0 Å². The molecule has 0 saturated carbocycles. The van der Waals surface area contributed by atoms with Crippen LogP contribution in [0.4, 0.5) is 5.00 Å². The first-order chi connectivity index (χ1) is 12.5. The van der Waals surface area contributed by atoms with Gasteiger partial charge >= 0.3 is 0 Å². The molecule has 26 heavy (non-hydrogen) atoms. The SMILES string of the molecule is CC(C)Sc1cccc(C(=O)Nc2sc3c(c2C(N)=O)CCCCC3)c1. The van der Waals surface area contributed by atoms with E-state index in [0.717, 1.165) is 36.1 Å². The van der Waals surface area contributed by atoms with Crippen molar-refractivity contribution in [2.75, 3.05) is 5.32 Å². The number of anilines is 1. The van der Waals surface area contributed by atoms with Gasteiger partial charge < -0.3 is 11.1 Å². The minimum Gasteiger partial charge on any atom is -0.365 e. The molecule has 0 fully saturated rings. The lowest BCUT2D eigenvalue weighted by Crippen LogP contribution is -2.18. The Labute approximate surface area is 162 Å². The fourth-order valence-electron chi connectivity index (χ4n) is 3.25. The van der Waals surface area contributed by atoms with E-state index >= 15 is 0 Å². The van der Waals surface area contributed by atoms with Crippen LogP contribution >= 0.6 is 23.1 Å². The molecule has 0 spiro atoms. The molecule has 1 aliphatic carbocycles. The monoisotopic (exact) mass is 388 g/mol. The van der Waals surface area contributed by atoms with E-state index < -0.39 is 5.91 Å². The average Bonchev–Trinajstić information content (AvgIpc) is 2.76. The zero-order chi connectivity index (χ0) is 18.7. The maximum Gasteiger partial charge on any atom is 0.256 e. The van der Waals surface area contributed by atoms with Gasteiger partial charge in [-0.1, -0.05) is 26.3 Å². The van der Waals surface area contributed by atoms with Crippen molar-refractivity contribution < 1.29 is 9.59 Å². The normalized spacial score (nSPS) is 14.0. The second kappa shape index (κ2) is 8.27. The van der Waals surface area contributed by atoms with Crippen molar-refractivity contribution in [1.29, 1.82) is 0 Å². The predicted octanol–water partition coefficient (Wildman–Crippen LogP) is 4.87. The van der Waals surface area contributed by atoms with Crippen LogP contribution in [-0.2, 0) is 12.8 Å². The summed E-state index contributed by atoms with van der Waals surface area (Å²) in [7, 11) is 0. The van der Waals surface area contributed by atoms with Crippen molar-refractivity contribution >= 4 is 39.9 Å². The van der Waals surface area contributed by atoms with Crippen LogP contribution in [0.3, 0.4) is 0 Å². The van der Waals surface area contributed by atoms with E-state index in [0.29, 0.717) is 21.4 Å². The van der Waals surface area contributed by atoms with Gasteiger partial charge in [0.1, 0.15) is 5.00 Å². The number of hydrogen-bond acceptors (Lipinski definition) is 4. The summed E-state index contributed by atoms with van der Waals surface area (Å²) in [4.78, 5) is 27.0. The molecular formula is C20H24N2O2S2. The molecule has 1 heterocycles. The van der Waals surface area contributed by atoms with Crippen LogP contribution in [0.1, 0.15) is 64.3 Å². The fraction of sp³-hybridized carbons (Fsp3) is 0.400. The van der Waals surface area contributed by atoms with Crippen LogP contribution in [0.25, 0.3) is 0 Å². The molecule has 0 atom stereocenters. The zero-order valence-corrected chi connectivity index (χ0v) is 16.8. The summed E-state index contributed by atoms with van der Waals surface area (Å²) < 4.78 is 0. The molecule has 3 N–H and O–H groups in total. The van der Waals surface area contributed by atoms with Gasteiger partial charge in [0, 0.05) is 20.6 Å². The van der Waals surface area contributed by atoms with E-state index in [1.54, 1.807) is 17.8 Å². The molecule has 4 nitrogen and oxygen atoms in total. The van der Waals surface area contributed by atoms with Gasteiger partial charge in [0.25, 0.3) is 11.8 Å². The molecule has 0 radical (unpaired) electrons. The third kappa shape index (κ3) is 4.30. The first-order valence-electron chi connectivity index (χ1n) is 8.98. The van der Waals surface area contributed by atoms with Crippen LogP contribution in [0.2, 0.25) is 0 Å². The lowest BCUT2D eigenvalue weighted by Gasteiger charge is -2.09. The summed E-state index contributed by atoms with van der Waals surface area (Å²) in [5, 5.41) is 3.98. The van der Waals surface area contributed by atoms with E-state index in [4.69, 9.17) is 5.73 Å². The Morgan fingerprint density at radius 2 is 1.96 bits per heavy atom. The van der Waals surface area contributed by atoms with Crippen molar-refractivity contribution in [3.63, 3.8) is 0 Å². The first-order valence-corrected chi connectivity index (χ1v) is 10.7. The largest absolute Gasteiger partial charge is 0.365 e. The number of hydrogen-bond donors (Lipinski definition) is 2. The molecule has 2 amide bonds. The minimum absolute atomic E-state index is 0.199. The van der Waals surface area contributed by atoms with Crippen molar-refractivity contribution in [1.82, 2.24) is 0 Å². The highest BCUT2D eigenvalue weighted by Gasteiger charge is 2.24. The quantitative estimate of drug-likeness (QED) is 0.567. The number of nitrogens with two attached hydrogens (primary N) is 1. The Hall–Kier alpha value is -1.79. The van der Waals surface area contributed by atoms with E-state index in [2.05, 4.69) is 19.2 Å². The van der Waals surface area contributed by atoms with Crippen LogP contribution < -0.4 is 11.1 Å². The first kappa shape index (κ1) is 19.0. The Kier molecular flexibility index (Phi) is 6.04. The minimum atomic E-state index is -0.455. The number of thiophene rings is 1. The molecule has 1 aromatic heterocycles. The van der Waals surface area contributed by atoms with Crippen LogP contribution in [0.5, 0.6) is 0 Å². The average molecular weight is 389 g/mol. The molecule has 2 aromatic rings. The van der Waals surface area contributed by atoms with Gasteiger partial charge in [-0.05, 0) is 49.4 Å². The molecule has 0 saturated heterocycles. The van der Waals surface area contributed by atoms with Gasteiger partial charge in [-0.3, -0.25) is 9.59 Å². The van der Waals surface area contributed by atoms with Crippen LogP contribution in [0.15, 0.2) is 29.2 Å². The van der Waals surface area contributed by atoms with Gasteiger partial charge in [-0.25, -0.2) is 0 Å². The Balaban J connectivity index is 1.87. The Morgan fingerprint density at radius 3 is 2.69 bits per heavy atom. The lowest BCUT2D eigenvalue weighted by atomic mass is 10.1. The van der Waals surface area contributed by atoms with E-state index in [9.17, 15) is 9.59 Å². The van der Waals surface area contributed by atoms with Gasteiger partial charge in [0.05, 0.1) is 5.56 Å². The van der Waals surface area contributed by atoms with E-state index in [-0.39, 0.29) is 5.91 Å². The smallest absolute Gasteiger partial charge is 0.256 e. The third-order valence-corrected chi connectivity index (χ3v) is 6.57. The number of carbonyl (C=O) groups excluding carboxylic acids is 2. The highest BCUT2D eigenvalue weighted by Crippen LogP contribution is 2.37. The number of aryl methyl sites for hydroxylation is 1. The molecular weight excluding hydrogens is 364 g/mol. The van der Waals surface area contributed by atoms with E-state index in [1.807, 2.05) is 18.2 Å². The predicted molar refractivity (Wildman–Crippen MR) is 109 cm³/mol. The number of primary amides is 1. The number of rotatable bonds is 5. The van der Waals surface area contributed by atoms with Gasteiger partial charge in [-0.15, -0.1) is 23.1 Å². The molecule has 3 rings (SSSR count). The summed E-state index contributed by atoms with van der Waals surface area (Å²) in [6.45, 7) is 4.24. The summed E-state index contributed by atoms with van der Waals surface area (Å²) in [5.74, 6) is -0.654. The topological polar surface area (TPSA) is 72.2 Å². The van der Waals surface area contributed by atoms with Gasteiger partial charge in [0.15, 0.2) is 0 Å². The zero-order valence-electron chi connectivity index (χ0n) is 15.1. The Morgan fingerprint density at radius 1 is 1.19 bits per heavy atom. The second-order valence-corrected chi connectivity index (χ2v) is 9.54. The van der Waals surface area contributed by atoms with Crippen molar-refractivity contribution in [3.8, 4) is 0 Å². The van der Waals surface area contributed by atoms with Crippen LogP contribution in [0, 0.1) is 0 Å². The lowest BCUT2D eigenvalue weighted by molar-refractivity contribution is 0.100. The maximum absolute atomic E-state index is 12.7. The molecule has 1 aromatic carbocycles. The molecule has 0 unspecified atom stereocenters. The number of benzene rings is 1. The van der Waals surface area contributed by atoms with Crippen molar-refractivity contribution in [2.45, 2.75) is 56.1 Å². The number of fused-ring (bicyclic) bond motifs is 1. The van der Waals surface area contributed by atoms with E-state index in [1.165, 1.54) is 22.6 Å². The number of nitrogens with one attached hydrogen (secondary N) is 1. The molecule has 0 aliphatic heterocycles. The van der Waals surface area contributed by atoms with Crippen LogP contribution in [-0.4, -0.2) is 17.1 Å². The molecule has 6 heteroatoms. The Bertz CT molecular complexity index is 827. The summed E-state index contributed by atoms with van der Waals surface area (Å²) >= 11 is 3.22. The van der Waals surface area contributed by atoms with Crippen molar-refractivity contribution in [3.05, 3.63) is 45.8 Å². The number of carbonyl (C=O) groups is 2. The number of thioether (sulfide) groups is 1.